The van der Waals surface area contributed by atoms with E-state index >= 15 is 4.39 Å². The Bertz CT molecular complexity index is 2540. The zero-order chi connectivity index (χ0) is 45.5. The van der Waals surface area contributed by atoms with Gasteiger partial charge in [0.25, 0.3) is 5.91 Å². The molecule has 64 heavy (non-hydrogen) atoms. The molecule has 1 unspecified atom stereocenters. The molecule has 0 radical (unpaired) electrons. The lowest BCUT2D eigenvalue weighted by Gasteiger charge is -2.36. The topological polar surface area (TPSA) is 157 Å². The number of piperazine rings is 1. The first-order chi connectivity index (χ1) is 30.8. The molecular weight excluding hydrogens is 837 g/mol. The van der Waals surface area contributed by atoms with Gasteiger partial charge in [-0.1, -0.05) is 73.7 Å². The Kier molecular flexibility index (Phi) is 14.5. The third kappa shape index (κ3) is 10.3. The standard InChI is InChI=1S/C49H57ClFN7O6/c1-49(2,3)64-48(63)57-24-22-56(23-25-57)44-37-29-39(50)41(36-28-33(60)27-32-16-10-11-18-34(32)36)42(51)43(37)54-47(55-44)53-21-12-8-6-5-7-9-15-31-17-13-19-35-38(31)30-58(46(35)62)40(20-14-26-59)45(61)52-4/h10-11,13,16-19,26-29,40,60H,5-9,12,14-15,20-25,30H2,1-4H3,(H,52,61)(H,53,54,55). The van der Waals surface area contributed by atoms with Crippen LogP contribution in [0.3, 0.4) is 0 Å². The average Bonchev–Trinajstić information content (AvgIpc) is 3.61. The van der Waals surface area contributed by atoms with Crippen LogP contribution in [0.25, 0.3) is 32.8 Å². The van der Waals surface area contributed by atoms with Crippen molar-refractivity contribution in [3.63, 3.8) is 0 Å². The maximum atomic E-state index is 17.0. The molecule has 0 aliphatic carbocycles. The first kappa shape index (κ1) is 46.0. The molecule has 338 valence electrons. The summed E-state index contributed by atoms with van der Waals surface area (Å²) in [7, 11) is 1.54. The van der Waals surface area contributed by atoms with Crippen LogP contribution >= 0.6 is 11.6 Å². The summed E-state index contributed by atoms with van der Waals surface area (Å²) in [4.78, 5) is 64.8. The third-order valence-electron chi connectivity index (χ3n) is 11.9. The number of carbonyl (C=O) groups is 4. The maximum absolute atomic E-state index is 17.0. The molecule has 2 aliphatic heterocycles. The summed E-state index contributed by atoms with van der Waals surface area (Å²) in [6.45, 7) is 8.09. The largest absolute Gasteiger partial charge is 0.508 e. The molecule has 4 aromatic carbocycles. The molecule has 1 saturated heterocycles. The Hall–Kier alpha value is -6.02. The number of hydrogen-bond donors (Lipinski definition) is 3. The number of unbranched alkanes of at least 4 members (excludes halogenated alkanes) is 5. The lowest BCUT2D eigenvalue weighted by molar-refractivity contribution is -0.125. The Morgan fingerprint density at radius 2 is 1.67 bits per heavy atom. The number of aromatic nitrogens is 2. The predicted octanol–water partition coefficient (Wildman–Crippen LogP) is 9.05. The van der Waals surface area contributed by atoms with Crippen LogP contribution in [0.15, 0.2) is 60.7 Å². The van der Waals surface area contributed by atoms with Crippen molar-refractivity contribution in [2.45, 2.75) is 96.7 Å². The molecule has 3 amide bonds. The Morgan fingerprint density at radius 3 is 2.41 bits per heavy atom. The zero-order valence-corrected chi connectivity index (χ0v) is 37.8. The number of aryl methyl sites for hydroxylation is 1. The molecule has 3 heterocycles. The number of nitrogens with one attached hydrogen (secondary N) is 2. The second-order valence-electron chi connectivity index (χ2n) is 17.5. The first-order valence-electron chi connectivity index (χ1n) is 22.2. The van der Waals surface area contributed by atoms with E-state index in [-0.39, 0.29) is 58.5 Å². The maximum Gasteiger partial charge on any atom is 0.410 e. The van der Waals surface area contributed by atoms with Crippen molar-refractivity contribution < 1.29 is 33.4 Å². The summed E-state index contributed by atoms with van der Waals surface area (Å²) in [6.07, 6.45) is 7.55. The third-order valence-corrected chi connectivity index (χ3v) is 12.2. The highest BCUT2D eigenvalue weighted by Gasteiger charge is 2.37. The summed E-state index contributed by atoms with van der Waals surface area (Å²) >= 11 is 6.92. The van der Waals surface area contributed by atoms with Crippen molar-refractivity contribution in [2.24, 2.45) is 0 Å². The van der Waals surface area contributed by atoms with Gasteiger partial charge in [-0.15, -0.1) is 0 Å². The van der Waals surface area contributed by atoms with Crippen molar-refractivity contribution in [2.75, 3.05) is 50.0 Å². The van der Waals surface area contributed by atoms with Crippen molar-refractivity contribution in [1.29, 1.82) is 0 Å². The molecule has 7 rings (SSSR count). The molecule has 0 spiro atoms. The summed E-state index contributed by atoms with van der Waals surface area (Å²) in [5.74, 6) is -0.282. The highest BCUT2D eigenvalue weighted by Crippen LogP contribution is 2.42. The quantitative estimate of drug-likeness (QED) is 0.0608. The van der Waals surface area contributed by atoms with E-state index in [1.54, 1.807) is 21.9 Å². The fraction of sp³-hybridized carbons (Fsp3) is 0.429. The van der Waals surface area contributed by atoms with E-state index in [1.807, 2.05) is 62.1 Å². The summed E-state index contributed by atoms with van der Waals surface area (Å²) < 4.78 is 22.6. The lowest BCUT2D eigenvalue weighted by atomic mass is 9.96. The molecule has 1 atom stereocenters. The fourth-order valence-corrected chi connectivity index (χ4v) is 9.04. The molecule has 0 saturated carbocycles. The Balaban J connectivity index is 0.996. The number of phenolic OH excluding ortho intramolecular Hbond substituents is 1. The van der Waals surface area contributed by atoms with Crippen LogP contribution in [0.4, 0.5) is 21.0 Å². The van der Waals surface area contributed by atoms with Crippen molar-refractivity contribution in [3.8, 4) is 16.9 Å². The van der Waals surface area contributed by atoms with Crippen LogP contribution in [0.5, 0.6) is 5.75 Å². The van der Waals surface area contributed by atoms with Gasteiger partial charge < -0.3 is 40.0 Å². The molecule has 1 aromatic heterocycles. The first-order valence-corrected chi connectivity index (χ1v) is 22.6. The van der Waals surface area contributed by atoms with E-state index in [0.29, 0.717) is 61.6 Å². The van der Waals surface area contributed by atoms with Crippen LogP contribution in [0.1, 0.15) is 93.6 Å². The number of carbonyl (C=O) groups excluding carboxylic acids is 4. The second kappa shape index (κ2) is 20.2. The zero-order valence-electron chi connectivity index (χ0n) is 37.0. The van der Waals surface area contributed by atoms with Gasteiger partial charge in [-0.05, 0) is 98.2 Å². The summed E-state index contributed by atoms with van der Waals surface area (Å²) in [6, 6.07) is 17.3. The van der Waals surface area contributed by atoms with E-state index in [1.165, 1.54) is 13.1 Å². The molecule has 1 fully saturated rings. The molecule has 0 bridgehead atoms. The van der Waals surface area contributed by atoms with Gasteiger partial charge in [-0.2, -0.15) is 4.98 Å². The molecular formula is C49H57ClFN7O6. The van der Waals surface area contributed by atoms with Gasteiger partial charge in [0.1, 0.15) is 35.0 Å². The Labute approximate surface area is 378 Å². The number of phenols is 1. The number of amides is 3. The van der Waals surface area contributed by atoms with Gasteiger partial charge in [0, 0.05) is 69.3 Å². The monoisotopic (exact) mass is 893 g/mol. The highest BCUT2D eigenvalue weighted by atomic mass is 35.5. The minimum absolute atomic E-state index is 0.0103. The summed E-state index contributed by atoms with van der Waals surface area (Å²) in [5.41, 5.74) is 2.77. The van der Waals surface area contributed by atoms with Gasteiger partial charge in [-0.3, -0.25) is 9.59 Å². The van der Waals surface area contributed by atoms with Crippen molar-refractivity contribution >= 4 is 69.2 Å². The number of ether oxygens (including phenoxy) is 1. The van der Waals surface area contributed by atoms with E-state index in [9.17, 15) is 24.3 Å². The summed E-state index contributed by atoms with van der Waals surface area (Å²) in [5, 5.41) is 18.7. The van der Waals surface area contributed by atoms with Crippen LogP contribution in [0, 0.1) is 5.82 Å². The molecule has 15 heteroatoms. The van der Waals surface area contributed by atoms with Crippen molar-refractivity contribution in [1.82, 2.24) is 25.1 Å². The Morgan fingerprint density at radius 1 is 0.938 bits per heavy atom. The van der Waals surface area contributed by atoms with Gasteiger partial charge in [0.05, 0.1) is 5.02 Å². The lowest BCUT2D eigenvalue weighted by Crippen LogP contribution is -2.50. The molecule has 13 nitrogen and oxygen atoms in total. The van der Waals surface area contributed by atoms with Crippen LogP contribution in [-0.2, 0) is 27.3 Å². The number of likely N-dealkylation sites (N-methyl/N-ethyl adjacent to an activating group) is 1. The SMILES string of the molecule is CNC(=O)C(CCC=O)N1Cc2c(CCCCCCCCNc3nc(N4CCN(C(=O)OC(C)(C)C)CC4)c4cc(Cl)c(-c5cc(O)cc6ccccc56)c(F)c4n3)cccc2C1=O. The highest BCUT2D eigenvalue weighted by molar-refractivity contribution is 6.35. The second-order valence-corrected chi connectivity index (χ2v) is 17.9. The minimum Gasteiger partial charge on any atom is -0.508 e. The van der Waals surface area contributed by atoms with E-state index in [4.69, 9.17) is 26.3 Å². The molecule has 3 N–H and O–H groups in total. The number of benzene rings is 4. The molecule has 5 aromatic rings. The number of nitrogens with zero attached hydrogens (tertiary/aromatic N) is 5. The van der Waals surface area contributed by atoms with Crippen LogP contribution in [-0.4, -0.2) is 100 Å². The van der Waals surface area contributed by atoms with Crippen molar-refractivity contribution in [3.05, 3.63) is 88.2 Å². The number of aldehydes is 1. The van der Waals surface area contributed by atoms with Crippen LogP contribution < -0.4 is 15.5 Å². The number of hydrogen-bond acceptors (Lipinski definition) is 10. The van der Waals surface area contributed by atoms with Gasteiger partial charge in [-0.25, -0.2) is 14.2 Å². The number of fused-ring (bicyclic) bond motifs is 3. The van der Waals surface area contributed by atoms with E-state index in [2.05, 4.69) is 16.7 Å². The van der Waals surface area contributed by atoms with E-state index in [0.717, 1.165) is 73.1 Å². The smallest absolute Gasteiger partial charge is 0.410 e. The predicted molar refractivity (Wildman–Crippen MR) is 248 cm³/mol. The number of anilines is 2. The number of halogens is 2. The normalized spacial score (nSPS) is 14.5. The van der Waals surface area contributed by atoms with E-state index < -0.39 is 17.5 Å². The minimum atomic E-state index is -0.689. The van der Waals surface area contributed by atoms with Gasteiger partial charge in [0.15, 0.2) is 5.82 Å². The average molecular weight is 894 g/mol. The van der Waals surface area contributed by atoms with Gasteiger partial charge >= 0.3 is 6.09 Å². The van der Waals surface area contributed by atoms with Crippen LogP contribution in [0.2, 0.25) is 5.02 Å². The fourth-order valence-electron chi connectivity index (χ4n) is 8.75. The molecule has 2 aliphatic rings. The number of aromatic hydroxyl groups is 1. The van der Waals surface area contributed by atoms with Gasteiger partial charge in [0.2, 0.25) is 11.9 Å². The number of rotatable bonds is 17.